The first-order chi connectivity index (χ1) is 10.6. The second-order valence-corrected chi connectivity index (χ2v) is 7.94. The third-order valence-corrected chi connectivity index (χ3v) is 7.31. The van der Waals surface area contributed by atoms with Gasteiger partial charge in [-0.3, -0.25) is 0 Å². The molecule has 6 unspecified atom stereocenters. The number of rotatable bonds is 0. The van der Waals surface area contributed by atoms with Crippen LogP contribution in [0.15, 0.2) is 18.2 Å². The van der Waals surface area contributed by atoms with E-state index in [9.17, 15) is 10.4 Å². The van der Waals surface area contributed by atoms with Crippen molar-refractivity contribution in [3.05, 3.63) is 29.3 Å². The highest BCUT2D eigenvalue weighted by Gasteiger charge is 2.77. The zero-order valence-corrected chi connectivity index (χ0v) is 12.9. The Morgan fingerprint density at radius 2 is 2.23 bits per heavy atom. The first-order valence-corrected chi connectivity index (χ1v) is 8.50. The van der Waals surface area contributed by atoms with Gasteiger partial charge in [0.05, 0.1) is 0 Å². The smallest absolute Gasteiger partial charge is 0.186 e. The van der Waals surface area contributed by atoms with Gasteiger partial charge in [0.1, 0.15) is 17.9 Å². The van der Waals surface area contributed by atoms with Crippen molar-refractivity contribution in [2.75, 3.05) is 0 Å². The normalized spacial score (nSPS) is 47.6. The third-order valence-electron chi connectivity index (χ3n) is 7.31. The molecule has 3 nitrogen and oxygen atoms in total. The van der Waals surface area contributed by atoms with Crippen molar-refractivity contribution in [2.24, 2.45) is 17.3 Å². The zero-order valence-electron chi connectivity index (χ0n) is 12.9. The van der Waals surface area contributed by atoms with Gasteiger partial charge in [0.25, 0.3) is 0 Å². The van der Waals surface area contributed by atoms with Gasteiger partial charge in [-0.1, -0.05) is 13.0 Å². The minimum Gasteiger partial charge on any atom is -0.508 e. The molecule has 3 aliphatic carbocycles. The molecule has 0 spiro atoms. The molecule has 1 N–H and O–H groups in total. The van der Waals surface area contributed by atoms with Gasteiger partial charge in [0, 0.05) is 5.41 Å². The van der Waals surface area contributed by atoms with Crippen LogP contribution in [0.5, 0.6) is 5.75 Å². The maximum atomic E-state index is 9.73. The van der Waals surface area contributed by atoms with E-state index in [0.717, 1.165) is 25.7 Å². The van der Waals surface area contributed by atoms with Crippen LogP contribution >= 0.6 is 0 Å². The van der Waals surface area contributed by atoms with E-state index in [1.54, 1.807) is 0 Å². The van der Waals surface area contributed by atoms with Crippen LogP contribution < -0.4 is 0 Å². The van der Waals surface area contributed by atoms with E-state index in [-0.39, 0.29) is 11.5 Å². The van der Waals surface area contributed by atoms with Crippen molar-refractivity contribution in [2.45, 2.75) is 56.7 Å². The van der Waals surface area contributed by atoms with Crippen LogP contribution in [-0.4, -0.2) is 16.8 Å². The first-order valence-electron chi connectivity index (χ1n) is 8.50. The van der Waals surface area contributed by atoms with Crippen LogP contribution in [0, 0.1) is 28.6 Å². The molecule has 0 aromatic heterocycles. The molecule has 1 aliphatic heterocycles. The summed E-state index contributed by atoms with van der Waals surface area (Å²) in [4.78, 5) is 0. The Morgan fingerprint density at radius 1 is 1.36 bits per heavy atom. The molecule has 1 saturated heterocycles. The quantitative estimate of drug-likeness (QED) is 0.745. The number of phenols is 1. The molecule has 2 saturated carbocycles. The van der Waals surface area contributed by atoms with Crippen molar-refractivity contribution in [1.82, 2.24) is 0 Å². The highest BCUT2D eigenvalue weighted by molar-refractivity contribution is 5.41. The summed E-state index contributed by atoms with van der Waals surface area (Å²) >= 11 is 0. The van der Waals surface area contributed by atoms with Crippen LogP contribution in [0.1, 0.15) is 49.7 Å². The number of hydrogen-bond acceptors (Lipinski definition) is 3. The SMILES string of the molecule is CC12CCC3c4ccc(O)cc4CCC3C1CC1OC12C#N. The number of nitrogens with zero attached hydrogens (tertiary/aromatic N) is 1. The maximum Gasteiger partial charge on any atom is 0.186 e. The lowest BCUT2D eigenvalue weighted by molar-refractivity contribution is -0.0158. The van der Waals surface area contributed by atoms with Gasteiger partial charge in [-0.25, -0.2) is 0 Å². The van der Waals surface area contributed by atoms with Gasteiger partial charge in [-0.15, -0.1) is 0 Å². The van der Waals surface area contributed by atoms with Gasteiger partial charge < -0.3 is 9.84 Å². The molecule has 1 aromatic carbocycles. The maximum absolute atomic E-state index is 9.73. The number of aryl methyl sites for hydroxylation is 1. The van der Waals surface area contributed by atoms with Gasteiger partial charge >= 0.3 is 0 Å². The summed E-state index contributed by atoms with van der Waals surface area (Å²) in [5.41, 5.74) is 2.35. The van der Waals surface area contributed by atoms with Crippen LogP contribution in [0.25, 0.3) is 0 Å². The van der Waals surface area contributed by atoms with E-state index in [2.05, 4.69) is 19.1 Å². The van der Waals surface area contributed by atoms with Gasteiger partial charge in [0.2, 0.25) is 0 Å². The van der Waals surface area contributed by atoms with Crippen molar-refractivity contribution < 1.29 is 9.84 Å². The summed E-state index contributed by atoms with van der Waals surface area (Å²) in [7, 11) is 0. The molecule has 0 bridgehead atoms. The van der Waals surface area contributed by atoms with Gasteiger partial charge in [-0.2, -0.15) is 5.26 Å². The average Bonchev–Trinajstić information content (AvgIpc) is 3.18. The van der Waals surface area contributed by atoms with Gasteiger partial charge in [-0.05, 0) is 73.1 Å². The molecular weight excluding hydrogens is 274 g/mol. The topological polar surface area (TPSA) is 56.5 Å². The first kappa shape index (κ1) is 13.0. The number of benzene rings is 1. The number of epoxide rings is 1. The van der Waals surface area contributed by atoms with E-state index in [1.807, 2.05) is 12.1 Å². The molecule has 22 heavy (non-hydrogen) atoms. The molecule has 1 aromatic rings. The number of nitriles is 1. The predicted octanol–water partition coefficient (Wildman–Crippen LogP) is 3.52. The standard InChI is InChI=1S/C19H21NO2/c1-18-7-6-14-13-5-3-12(21)8-11(13)2-4-15(14)16(18)9-17-19(18,10-20)22-17/h3,5,8,14-17,21H,2,4,6-7,9H2,1H3. The fourth-order valence-corrected chi connectivity index (χ4v) is 6.15. The second kappa shape index (κ2) is 3.86. The van der Waals surface area contributed by atoms with E-state index >= 15 is 0 Å². The second-order valence-electron chi connectivity index (χ2n) is 7.94. The molecule has 5 rings (SSSR count). The fourth-order valence-electron chi connectivity index (χ4n) is 6.15. The monoisotopic (exact) mass is 295 g/mol. The summed E-state index contributed by atoms with van der Waals surface area (Å²) in [6.07, 6.45) is 5.74. The van der Waals surface area contributed by atoms with Gasteiger partial charge in [0.15, 0.2) is 5.60 Å². The number of fused-ring (bicyclic) bond motifs is 7. The largest absolute Gasteiger partial charge is 0.508 e. The molecule has 3 fully saturated rings. The van der Waals surface area contributed by atoms with Crippen LogP contribution in [0.2, 0.25) is 0 Å². The van der Waals surface area contributed by atoms with E-state index in [0.29, 0.717) is 23.5 Å². The number of hydrogen-bond donors (Lipinski definition) is 1. The lowest BCUT2D eigenvalue weighted by atomic mass is 9.53. The van der Waals surface area contributed by atoms with Crippen LogP contribution in [0.3, 0.4) is 0 Å². The van der Waals surface area contributed by atoms with Crippen molar-refractivity contribution in [3.63, 3.8) is 0 Å². The molecular formula is C19H21NO2. The van der Waals surface area contributed by atoms with Crippen LogP contribution in [0.4, 0.5) is 0 Å². The van der Waals surface area contributed by atoms with Crippen LogP contribution in [-0.2, 0) is 11.2 Å². The summed E-state index contributed by atoms with van der Waals surface area (Å²) < 4.78 is 5.83. The summed E-state index contributed by atoms with van der Waals surface area (Å²) in [6.45, 7) is 2.30. The number of aromatic hydroxyl groups is 1. The Hall–Kier alpha value is -1.53. The average molecular weight is 295 g/mol. The third kappa shape index (κ3) is 1.32. The summed E-state index contributed by atoms with van der Waals surface area (Å²) in [5, 5.41) is 19.4. The van der Waals surface area contributed by atoms with E-state index < -0.39 is 5.60 Å². The Balaban J connectivity index is 1.54. The van der Waals surface area contributed by atoms with Crippen molar-refractivity contribution >= 4 is 0 Å². The Morgan fingerprint density at radius 3 is 3.05 bits per heavy atom. The van der Waals surface area contributed by atoms with E-state index in [4.69, 9.17) is 4.74 Å². The lowest BCUT2D eigenvalue weighted by Gasteiger charge is -2.50. The lowest BCUT2D eigenvalue weighted by Crippen LogP contribution is -2.46. The Labute approximate surface area is 130 Å². The molecule has 3 heteroatoms. The van der Waals surface area contributed by atoms with E-state index in [1.165, 1.54) is 17.5 Å². The molecule has 0 amide bonds. The minimum absolute atomic E-state index is 0.0437. The highest BCUT2D eigenvalue weighted by atomic mass is 16.6. The zero-order chi connectivity index (χ0) is 15.1. The Kier molecular flexibility index (Phi) is 2.28. The van der Waals surface area contributed by atoms with Crippen molar-refractivity contribution in [1.29, 1.82) is 5.26 Å². The highest BCUT2D eigenvalue weighted by Crippen LogP contribution is 2.71. The predicted molar refractivity (Wildman–Crippen MR) is 81.3 cm³/mol. The number of phenolic OH excluding ortho intramolecular Hbond substituents is 1. The molecule has 114 valence electrons. The molecule has 1 heterocycles. The summed E-state index contributed by atoms with van der Waals surface area (Å²) in [6, 6.07) is 8.44. The van der Waals surface area contributed by atoms with Crippen molar-refractivity contribution in [3.8, 4) is 11.8 Å². The molecule has 4 aliphatic rings. The number of ether oxygens (including phenoxy) is 1. The molecule has 6 atom stereocenters. The fraction of sp³-hybridized carbons (Fsp3) is 0.632. The summed E-state index contributed by atoms with van der Waals surface area (Å²) in [5.74, 6) is 2.29. The Bertz CT molecular complexity index is 708. The minimum atomic E-state index is -0.474. The molecule has 0 radical (unpaired) electrons.